The molecular weight excluding hydrogens is 562 g/mol. The fourth-order valence-electron chi connectivity index (χ4n) is 5.63. The molecule has 0 spiro atoms. The van der Waals surface area contributed by atoms with Crippen LogP contribution in [0.15, 0.2) is 33.9 Å². The molecule has 41 heavy (non-hydrogen) atoms. The van der Waals surface area contributed by atoms with Crippen LogP contribution in [-0.4, -0.2) is 57.2 Å². The largest absolute Gasteiger partial charge is 0.415 e. The van der Waals surface area contributed by atoms with Gasteiger partial charge in [-0.1, -0.05) is 70.5 Å². The summed E-state index contributed by atoms with van der Waals surface area (Å²) < 4.78 is 5.80. The topological polar surface area (TPSA) is 117 Å². The van der Waals surface area contributed by atoms with Crippen molar-refractivity contribution in [1.29, 1.82) is 0 Å². The van der Waals surface area contributed by atoms with Crippen LogP contribution in [0.1, 0.15) is 100 Å². The van der Waals surface area contributed by atoms with Crippen LogP contribution in [0, 0.1) is 11.8 Å². The highest BCUT2D eigenvalue weighted by Crippen LogP contribution is 2.29. The molecule has 1 unspecified atom stereocenters. The third kappa shape index (κ3) is 9.28. The predicted octanol–water partition coefficient (Wildman–Crippen LogP) is 5.35. The summed E-state index contributed by atoms with van der Waals surface area (Å²) in [6.45, 7) is 10.9. The summed E-state index contributed by atoms with van der Waals surface area (Å²) in [6.07, 6.45) is 5.96. The number of amides is 3. The lowest BCUT2D eigenvalue weighted by atomic mass is 9.83. The average Bonchev–Trinajstić information content (AvgIpc) is 3.59. The highest BCUT2D eigenvalue weighted by atomic mass is 35.5. The number of aromatic nitrogens is 2. The van der Waals surface area contributed by atoms with E-state index >= 15 is 0 Å². The zero-order valence-corrected chi connectivity index (χ0v) is 26.2. The Balaban J connectivity index is 0.00000462. The van der Waals surface area contributed by atoms with Crippen molar-refractivity contribution < 1.29 is 18.8 Å². The summed E-state index contributed by atoms with van der Waals surface area (Å²) in [7, 11) is 0. The van der Waals surface area contributed by atoms with Gasteiger partial charge in [0.05, 0.1) is 5.92 Å². The first kappa shape index (κ1) is 33.1. The van der Waals surface area contributed by atoms with Crippen molar-refractivity contribution in [1.82, 2.24) is 25.7 Å². The molecule has 2 fully saturated rings. The number of carbonyl (C=O) groups excluding carboxylic acids is 3. The first-order valence-electron chi connectivity index (χ1n) is 14.7. The Labute approximate surface area is 253 Å². The maximum Gasteiger partial charge on any atom is 0.276 e. The number of likely N-dealkylation sites (tertiary alicyclic amines) is 1. The van der Waals surface area contributed by atoms with E-state index in [1.807, 2.05) is 52.0 Å². The lowest BCUT2D eigenvalue weighted by molar-refractivity contribution is -0.135. The van der Waals surface area contributed by atoms with Crippen molar-refractivity contribution in [2.75, 3.05) is 13.1 Å². The lowest BCUT2D eigenvalue weighted by Crippen LogP contribution is -2.50. The molecule has 2 heterocycles. The van der Waals surface area contributed by atoms with Crippen molar-refractivity contribution in [2.24, 2.45) is 11.8 Å². The Morgan fingerprint density at radius 3 is 2.44 bits per heavy atom. The van der Waals surface area contributed by atoms with Crippen LogP contribution in [-0.2, 0) is 16.1 Å². The summed E-state index contributed by atoms with van der Waals surface area (Å²) in [5.74, 6) is -1.74. The molecule has 3 atom stereocenters. The monoisotopic (exact) mass is 605 g/mol. The maximum atomic E-state index is 13.4. The summed E-state index contributed by atoms with van der Waals surface area (Å²) in [5, 5.41) is 14.7. The smallest absolute Gasteiger partial charge is 0.276 e. The third-order valence-electron chi connectivity index (χ3n) is 7.60. The van der Waals surface area contributed by atoms with Crippen LogP contribution in [0.25, 0.3) is 0 Å². The van der Waals surface area contributed by atoms with Crippen LogP contribution in [0.4, 0.5) is 0 Å². The number of carbonyl (C=O) groups is 3. The van der Waals surface area contributed by atoms with E-state index in [4.69, 9.17) is 4.42 Å². The summed E-state index contributed by atoms with van der Waals surface area (Å²) in [6, 6.07) is 7.37. The molecule has 0 radical (unpaired) electrons. The molecule has 2 aliphatic rings. The van der Waals surface area contributed by atoms with Crippen LogP contribution < -0.4 is 10.6 Å². The standard InChI is InChI=1S/C30H43N5O4S.ClH/c1-19(2)17-24(29-33-34-30(39-29)40-20(3)4)28(38)32-27(37)23-13-7-8-14-25(23)31-26(36)22-12-6-5-11-21(22)18-35-15-9-10-16-35;/h5-6,11-12,19-20,23-25H,7-10,13-18H2,1-4H3,(H,31,36)(H,32,37,38);1H/t23-,24?,25+;/m1./s1. The van der Waals surface area contributed by atoms with Crippen molar-refractivity contribution in [3.05, 3.63) is 41.3 Å². The minimum atomic E-state index is -0.716. The van der Waals surface area contributed by atoms with E-state index in [0.29, 0.717) is 30.0 Å². The van der Waals surface area contributed by atoms with Crippen LogP contribution >= 0.6 is 24.2 Å². The van der Waals surface area contributed by atoms with Gasteiger partial charge in [0.25, 0.3) is 11.1 Å². The second-order valence-electron chi connectivity index (χ2n) is 11.7. The number of thioether (sulfide) groups is 1. The molecule has 11 heteroatoms. The van der Waals surface area contributed by atoms with Crippen molar-refractivity contribution in [3.63, 3.8) is 0 Å². The Kier molecular flexibility index (Phi) is 12.7. The quantitative estimate of drug-likeness (QED) is 0.329. The van der Waals surface area contributed by atoms with Crippen molar-refractivity contribution >= 4 is 41.9 Å². The highest BCUT2D eigenvalue weighted by molar-refractivity contribution is 7.99. The minimum absolute atomic E-state index is 0. The Bertz CT molecular complexity index is 1170. The zero-order chi connectivity index (χ0) is 28.6. The van der Waals surface area contributed by atoms with Gasteiger partial charge in [-0.25, -0.2) is 0 Å². The Hall–Kier alpha value is -2.43. The van der Waals surface area contributed by atoms with E-state index in [1.165, 1.54) is 24.6 Å². The SMILES string of the molecule is CC(C)CC(C(=O)NC(=O)[C@@H]1CCCC[C@@H]1NC(=O)c1ccccc1CN1CCCC1)c1nnc(SC(C)C)o1.Cl. The van der Waals surface area contributed by atoms with E-state index in [2.05, 4.69) is 25.7 Å². The number of nitrogens with zero attached hydrogens (tertiary/aromatic N) is 3. The normalized spacial score (nSPS) is 20.0. The van der Waals surface area contributed by atoms with E-state index < -0.39 is 17.7 Å². The molecule has 1 aliphatic carbocycles. The first-order valence-corrected chi connectivity index (χ1v) is 15.5. The number of hydrogen-bond donors (Lipinski definition) is 2. The van der Waals surface area contributed by atoms with Gasteiger partial charge in [-0.05, 0) is 62.7 Å². The molecule has 2 aromatic rings. The molecule has 2 N–H and O–H groups in total. The van der Waals surface area contributed by atoms with E-state index in [1.54, 1.807) is 0 Å². The Morgan fingerprint density at radius 1 is 1.02 bits per heavy atom. The molecule has 226 valence electrons. The van der Waals surface area contributed by atoms with E-state index in [-0.39, 0.29) is 47.3 Å². The van der Waals surface area contributed by atoms with Gasteiger partial charge in [-0.3, -0.25) is 24.6 Å². The zero-order valence-electron chi connectivity index (χ0n) is 24.6. The number of imide groups is 1. The van der Waals surface area contributed by atoms with Gasteiger partial charge < -0.3 is 9.73 Å². The van der Waals surface area contributed by atoms with Crippen LogP contribution in [0.2, 0.25) is 0 Å². The molecule has 1 aromatic heterocycles. The fraction of sp³-hybridized carbons (Fsp3) is 0.633. The molecule has 1 saturated carbocycles. The van der Waals surface area contributed by atoms with Crippen LogP contribution in [0.3, 0.4) is 0 Å². The van der Waals surface area contributed by atoms with Gasteiger partial charge >= 0.3 is 0 Å². The first-order chi connectivity index (χ1) is 19.2. The summed E-state index contributed by atoms with van der Waals surface area (Å²) in [5.41, 5.74) is 1.65. The molecule has 0 bridgehead atoms. The van der Waals surface area contributed by atoms with Gasteiger partial charge in [-0.15, -0.1) is 22.6 Å². The molecule has 1 aliphatic heterocycles. The summed E-state index contributed by atoms with van der Waals surface area (Å²) >= 11 is 1.44. The van der Waals surface area contributed by atoms with Crippen LogP contribution in [0.5, 0.6) is 0 Å². The second-order valence-corrected chi connectivity index (χ2v) is 13.2. The lowest BCUT2D eigenvalue weighted by Gasteiger charge is -2.31. The molecule has 4 rings (SSSR count). The van der Waals surface area contributed by atoms with Gasteiger partial charge in [-0.2, -0.15) is 0 Å². The number of halogens is 1. The number of hydrogen-bond acceptors (Lipinski definition) is 8. The molecule has 9 nitrogen and oxygen atoms in total. The van der Waals surface area contributed by atoms with E-state index in [0.717, 1.165) is 38.0 Å². The maximum absolute atomic E-state index is 13.4. The highest BCUT2D eigenvalue weighted by Gasteiger charge is 2.36. The van der Waals surface area contributed by atoms with Gasteiger partial charge in [0, 0.05) is 23.4 Å². The van der Waals surface area contributed by atoms with Gasteiger partial charge in [0.15, 0.2) is 0 Å². The van der Waals surface area contributed by atoms with Crippen molar-refractivity contribution in [3.8, 4) is 0 Å². The minimum Gasteiger partial charge on any atom is -0.415 e. The number of nitrogens with one attached hydrogen (secondary N) is 2. The van der Waals surface area contributed by atoms with Crippen molar-refractivity contribution in [2.45, 2.75) is 102 Å². The fourth-order valence-corrected chi connectivity index (χ4v) is 6.25. The van der Waals surface area contributed by atoms with E-state index in [9.17, 15) is 14.4 Å². The number of rotatable bonds is 11. The van der Waals surface area contributed by atoms with Gasteiger partial charge in [0.1, 0.15) is 5.92 Å². The Morgan fingerprint density at radius 2 is 1.73 bits per heavy atom. The second kappa shape index (κ2) is 15.7. The molecular formula is C30H44ClN5O4S. The number of benzene rings is 1. The molecule has 3 amide bonds. The third-order valence-corrected chi connectivity index (χ3v) is 8.44. The summed E-state index contributed by atoms with van der Waals surface area (Å²) in [4.78, 5) is 42.6. The average molecular weight is 606 g/mol. The molecule has 1 saturated heterocycles. The molecule has 1 aromatic carbocycles. The predicted molar refractivity (Wildman–Crippen MR) is 162 cm³/mol. The van der Waals surface area contributed by atoms with Gasteiger partial charge in [0.2, 0.25) is 17.7 Å².